The minimum Gasteiger partial charge on any atom is -0.422 e. The van der Waals surface area contributed by atoms with Crippen LogP contribution in [0.5, 0.6) is 5.88 Å². The molecule has 4 rings (SSSR count). The zero-order valence-electron chi connectivity index (χ0n) is 13.7. The van der Waals surface area contributed by atoms with Crippen molar-refractivity contribution >= 4 is 5.90 Å². The van der Waals surface area contributed by atoms with E-state index in [9.17, 15) is 5.26 Å². The van der Waals surface area contributed by atoms with Crippen molar-refractivity contribution < 1.29 is 4.74 Å². The van der Waals surface area contributed by atoms with Crippen molar-refractivity contribution in [1.82, 2.24) is 10.2 Å². The maximum atomic E-state index is 9.58. The topological polar surface area (TPSA) is 85.5 Å². The Morgan fingerprint density at radius 3 is 2.44 bits per heavy atom. The van der Waals surface area contributed by atoms with Crippen molar-refractivity contribution in [3.8, 4) is 23.1 Å². The van der Waals surface area contributed by atoms with E-state index in [0.717, 1.165) is 27.9 Å². The highest BCUT2D eigenvalue weighted by molar-refractivity contribution is 5.84. The van der Waals surface area contributed by atoms with Gasteiger partial charge >= 0.3 is 0 Å². The van der Waals surface area contributed by atoms with Crippen LogP contribution in [-0.2, 0) is 0 Å². The molecule has 5 nitrogen and oxygen atoms in total. The van der Waals surface area contributed by atoms with Gasteiger partial charge in [-0.25, -0.2) is 0 Å². The molecule has 0 aliphatic carbocycles. The van der Waals surface area contributed by atoms with Gasteiger partial charge in [0.15, 0.2) is 0 Å². The summed E-state index contributed by atoms with van der Waals surface area (Å²) >= 11 is 0. The van der Waals surface area contributed by atoms with Crippen molar-refractivity contribution in [2.75, 3.05) is 0 Å². The van der Waals surface area contributed by atoms with Gasteiger partial charge in [0, 0.05) is 17.2 Å². The standard InChI is InChI=1S/C20H16N4O/c1-12-17-18(16(11-21)19(22)25-20(17)24-23-12)15-9-7-14(8-10-15)13-5-3-2-4-6-13/h2-10,16,18,22H,1H3,(H,23,24). The Balaban J connectivity index is 1.79. The molecule has 0 spiro atoms. The summed E-state index contributed by atoms with van der Waals surface area (Å²) in [5, 5.41) is 24.6. The Kier molecular flexibility index (Phi) is 3.58. The summed E-state index contributed by atoms with van der Waals surface area (Å²) in [7, 11) is 0. The van der Waals surface area contributed by atoms with Crippen LogP contribution in [0, 0.1) is 29.6 Å². The molecule has 1 aromatic heterocycles. The monoisotopic (exact) mass is 328 g/mol. The third-order valence-corrected chi connectivity index (χ3v) is 4.61. The van der Waals surface area contributed by atoms with Crippen LogP contribution >= 0.6 is 0 Å². The fourth-order valence-corrected chi connectivity index (χ4v) is 3.35. The quantitative estimate of drug-likeness (QED) is 0.745. The van der Waals surface area contributed by atoms with Crippen LogP contribution in [-0.4, -0.2) is 16.1 Å². The molecule has 2 atom stereocenters. The Bertz CT molecular complexity index is 967. The Labute approximate surface area is 145 Å². The lowest BCUT2D eigenvalue weighted by Crippen LogP contribution is -2.30. The van der Waals surface area contributed by atoms with Gasteiger partial charge in [-0.3, -0.25) is 10.5 Å². The lowest BCUT2D eigenvalue weighted by Gasteiger charge is -2.27. The fourth-order valence-electron chi connectivity index (χ4n) is 3.35. The molecule has 0 saturated carbocycles. The maximum absolute atomic E-state index is 9.58. The van der Waals surface area contributed by atoms with Gasteiger partial charge in [-0.1, -0.05) is 54.6 Å². The number of aromatic amines is 1. The van der Waals surface area contributed by atoms with Crippen LogP contribution in [0.4, 0.5) is 0 Å². The molecule has 122 valence electrons. The predicted molar refractivity (Wildman–Crippen MR) is 94.5 cm³/mol. The molecule has 2 unspecified atom stereocenters. The third kappa shape index (κ3) is 2.48. The predicted octanol–water partition coefficient (Wildman–Crippen LogP) is 4.03. The molecule has 2 aromatic carbocycles. The number of rotatable bonds is 2. The van der Waals surface area contributed by atoms with Gasteiger partial charge in [0.2, 0.25) is 11.8 Å². The van der Waals surface area contributed by atoms with Crippen LogP contribution in [0.2, 0.25) is 0 Å². The van der Waals surface area contributed by atoms with Crippen LogP contribution in [0.1, 0.15) is 22.7 Å². The van der Waals surface area contributed by atoms with Crippen molar-refractivity contribution in [3.05, 3.63) is 71.4 Å². The molecule has 0 bridgehead atoms. The summed E-state index contributed by atoms with van der Waals surface area (Å²) < 4.78 is 5.42. The normalized spacial score (nSPS) is 19.0. The van der Waals surface area contributed by atoms with E-state index < -0.39 is 5.92 Å². The number of H-pyrrole nitrogens is 1. The number of nitriles is 1. The number of ether oxygens (including phenoxy) is 1. The van der Waals surface area contributed by atoms with E-state index in [2.05, 4.69) is 28.4 Å². The minimum atomic E-state index is -0.661. The summed E-state index contributed by atoms with van der Waals surface area (Å²) in [6.07, 6.45) is 0. The Morgan fingerprint density at radius 2 is 1.76 bits per heavy atom. The SMILES string of the molecule is Cc1[nH]nc2c1C(c1ccc(-c3ccccc3)cc1)C(C#N)C(=N)O2. The second-order valence-corrected chi connectivity index (χ2v) is 6.11. The number of hydrogen-bond acceptors (Lipinski definition) is 4. The Morgan fingerprint density at radius 1 is 1.08 bits per heavy atom. The average molecular weight is 328 g/mol. The van der Waals surface area contributed by atoms with Crippen LogP contribution in [0.25, 0.3) is 11.1 Å². The van der Waals surface area contributed by atoms with E-state index in [4.69, 9.17) is 10.1 Å². The van der Waals surface area contributed by atoms with Gasteiger partial charge in [0.1, 0.15) is 5.92 Å². The van der Waals surface area contributed by atoms with Gasteiger partial charge < -0.3 is 4.74 Å². The molecule has 0 fully saturated rings. The summed E-state index contributed by atoms with van der Waals surface area (Å²) in [6, 6.07) is 20.5. The molecule has 2 N–H and O–H groups in total. The van der Waals surface area contributed by atoms with Gasteiger partial charge in [0.05, 0.1) is 6.07 Å². The largest absolute Gasteiger partial charge is 0.422 e. The van der Waals surface area contributed by atoms with E-state index in [1.54, 1.807) is 0 Å². The van der Waals surface area contributed by atoms with Crippen molar-refractivity contribution in [2.45, 2.75) is 12.8 Å². The van der Waals surface area contributed by atoms with Crippen molar-refractivity contribution in [2.24, 2.45) is 5.92 Å². The van der Waals surface area contributed by atoms with Crippen LogP contribution < -0.4 is 4.74 Å². The van der Waals surface area contributed by atoms with Gasteiger partial charge in [-0.2, -0.15) is 5.26 Å². The molecular weight excluding hydrogens is 312 g/mol. The van der Waals surface area contributed by atoms with Crippen molar-refractivity contribution in [1.29, 1.82) is 10.7 Å². The zero-order valence-corrected chi connectivity index (χ0v) is 13.7. The first-order valence-corrected chi connectivity index (χ1v) is 8.05. The van der Waals surface area contributed by atoms with Gasteiger partial charge in [-0.15, -0.1) is 5.10 Å². The third-order valence-electron chi connectivity index (χ3n) is 4.61. The summed E-state index contributed by atoms with van der Waals surface area (Å²) in [5.41, 5.74) is 4.95. The first-order valence-electron chi connectivity index (χ1n) is 8.05. The van der Waals surface area contributed by atoms with E-state index >= 15 is 0 Å². The van der Waals surface area contributed by atoms with Gasteiger partial charge in [0.25, 0.3) is 0 Å². The number of nitrogens with zero attached hydrogens (tertiary/aromatic N) is 2. The highest BCUT2D eigenvalue weighted by atomic mass is 16.5. The summed E-state index contributed by atoms with van der Waals surface area (Å²) in [6.45, 7) is 1.91. The highest BCUT2D eigenvalue weighted by Crippen LogP contribution is 2.42. The zero-order chi connectivity index (χ0) is 17.4. The molecule has 2 heterocycles. The summed E-state index contributed by atoms with van der Waals surface area (Å²) in [5.74, 6) is -0.582. The van der Waals surface area contributed by atoms with E-state index in [0.29, 0.717) is 5.88 Å². The van der Waals surface area contributed by atoms with Crippen LogP contribution in [0.3, 0.4) is 0 Å². The first-order chi connectivity index (χ1) is 12.2. The smallest absolute Gasteiger partial charge is 0.243 e. The maximum Gasteiger partial charge on any atom is 0.243 e. The molecule has 3 aromatic rings. The molecule has 0 radical (unpaired) electrons. The number of aromatic nitrogens is 2. The lowest BCUT2D eigenvalue weighted by atomic mass is 9.79. The minimum absolute atomic E-state index is 0.0568. The average Bonchev–Trinajstić information content (AvgIpc) is 3.02. The second kappa shape index (κ2) is 5.91. The molecule has 1 aliphatic heterocycles. The van der Waals surface area contributed by atoms with E-state index in [-0.39, 0.29) is 11.8 Å². The second-order valence-electron chi connectivity index (χ2n) is 6.11. The molecular formula is C20H16N4O. The first kappa shape index (κ1) is 15.2. The number of aryl methyl sites for hydroxylation is 1. The highest BCUT2D eigenvalue weighted by Gasteiger charge is 2.39. The molecule has 0 amide bonds. The molecule has 5 heteroatoms. The fraction of sp³-hybridized carbons (Fsp3) is 0.150. The number of nitrogens with one attached hydrogen (secondary N) is 2. The Hall–Kier alpha value is -3.39. The molecule has 25 heavy (non-hydrogen) atoms. The number of hydrogen-bond donors (Lipinski definition) is 2. The van der Waals surface area contributed by atoms with Gasteiger partial charge in [-0.05, 0) is 23.6 Å². The lowest BCUT2D eigenvalue weighted by molar-refractivity contribution is 0.436. The molecule has 0 saturated heterocycles. The number of benzene rings is 2. The number of fused-ring (bicyclic) bond motifs is 1. The van der Waals surface area contributed by atoms with Crippen LogP contribution in [0.15, 0.2) is 54.6 Å². The summed E-state index contributed by atoms with van der Waals surface area (Å²) in [4.78, 5) is 0. The molecule has 1 aliphatic rings. The van der Waals surface area contributed by atoms with Crippen molar-refractivity contribution in [3.63, 3.8) is 0 Å². The van der Waals surface area contributed by atoms with E-state index in [1.807, 2.05) is 49.4 Å². The van der Waals surface area contributed by atoms with E-state index in [1.165, 1.54) is 0 Å².